The van der Waals surface area contributed by atoms with Gasteiger partial charge in [-0.05, 0) is 30.5 Å². The maximum atomic E-state index is 13.3. The standard InChI is InChI=1S/C22H26N4O3/c27-22(25-12-4-5-13-25)21(18-6-2-1-3-7-18)24-16-14-23(15-17-24)19-8-10-20(11-9-19)26(28)29/h1-3,6-11,21H,4-5,12-17H2/t21-/m1/s1. The minimum atomic E-state index is -0.379. The molecular weight excluding hydrogens is 368 g/mol. The molecule has 0 N–H and O–H groups in total. The lowest BCUT2D eigenvalue weighted by atomic mass is 10.0. The summed E-state index contributed by atoms with van der Waals surface area (Å²) >= 11 is 0. The van der Waals surface area contributed by atoms with E-state index in [-0.39, 0.29) is 22.6 Å². The molecule has 7 nitrogen and oxygen atoms in total. The second-order valence-corrected chi connectivity index (χ2v) is 7.64. The first-order valence-corrected chi connectivity index (χ1v) is 10.2. The number of likely N-dealkylation sites (tertiary alicyclic amines) is 1. The molecule has 0 saturated carbocycles. The van der Waals surface area contributed by atoms with Gasteiger partial charge in [0.15, 0.2) is 0 Å². The highest BCUT2D eigenvalue weighted by atomic mass is 16.6. The van der Waals surface area contributed by atoms with Gasteiger partial charge in [0, 0.05) is 57.1 Å². The summed E-state index contributed by atoms with van der Waals surface area (Å²) < 4.78 is 0. The van der Waals surface area contributed by atoms with E-state index in [4.69, 9.17) is 0 Å². The molecule has 1 atom stereocenters. The molecule has 0 bridgehead atoms. The second-order valence-electron chi connectivity index (χ2n) is 7.64. The maximum Gasteiger partial charge on any atom is 0.269 e. The fraction of sp³-hybridized carbons (Fsp3) is 0.409. The van der Waals surface area contributed by atoms with Crippen molar-refractivity contribution >= 4 is 17.3 Å². The Kier molecular flexibility index (Phi) is 5.76. The third-order valence-electron chi connectivity index (χ3n) is 5.87. The molecule has 7 heteroatoms. The predicted molar refractivity (Wildman–Crippen MR) is 112 cm³/mol. The number of nitrogens with zero attached hydrogens (tertiary/aromatic N) is 4. The molecule has 0 unspecified atom stereocenters. The van der Waals surface area contributed by atoms with Gasteiger partial charge < -0.3 is 9.80 Å². The number of nitro groups is 1. The van der Waals surface area contributed by atoms with Crippen LogP contribution in [0, 0.1) is 10.1 Å². The zero-order valence-electron chi connectivity index (χ0n) is 16.4. The van der Waals surface area contributed by atoms with Crippen molar-refractivity contribution in [2.75, 3.05) is 44.2 Å². The number of piperazine rings is 1. The number of nitro benzene ring substituents is 1. The van der Waals surface area contributed by atoms with E-state index in [1.807, 2.05) is 35.2 Å². The number of carbonyl (C=O) groups excluding carboxylic acids is 1. The molecule has 2 aliphatic rings. The van der Waals surface area contributed by atoms with Crippen LogP contribution >= 0.6 is 0 Å². The summed E-state index contributed by atoms with van der Waals surface area (Å²) in [5.74, 6) is 0.206. The Morgan fingerprint density at radius 2 is 1.48 bits per heavy atom. The van der Waals surface area contributed by atoms with Crippen molar-refractivity contribution in [3.63, 3.8) is 0 Å². The van der Waals surface area contributed by atoms with E-state index in [1.165, 1.54) is 0 Å². The van der Waals surface area contributed by atoms with Gasteiger partial charge in [-0.2, -0.15) is 0 Å². The van der Waals surface area contributed by atoms with E-state index in [2.05, 4.69) is 9.80 Å². The van der Waals surface area contributed by atoms with E-state index in [0.717, 1.165) is 63.4 Å². The Labute approximate surface area is 170 Å². The van der Waals surface area contributed by atoms with E-state index in [1.54, 1.807) is 24.3 Å². The molecule has 0 aliphatic carbocycles. The molecule has 4 rings (SSSR count). The van der Waals surface area contributed by atoms with Gasteiger partial charge in [-0.3, -0.25) is 19.8 Å². The van der Waals surface area contributed by atoms with Crippen LogP contribution in [0.2, 0.25) is 0 Å². The smallest absolute Gasteiger partial charge is 0.269 e. The molecule has 0 spiro atoms. The minimum Gasteiger partial charge on any atom is -0.369 e. The van der Waals surface area contributed by atoms with Crippen LogP contribution < -0.4 is 4.90 Å². The number of hydrogen-bond acceptors (Lipinski definition) is 5. The normalized spacial score (nSPS) is 18.6. The number of anilines is 1. The van der Waals surface area contributed by atoms with Crippen molar-refractivity contribution in [3.05, 3.63) is 70.3 Å². The lowest BCUT2D eigenvalue weighted by molar-refractivity contribution is -0.384. The SMILES string of the molecule is O=C([C@@H](c1ccccc1)N1CCN(c2ccc([N+](=O)[O-])cc2)CC1)N1CCCC1. The van der Waals surface area contributed by atoms with Gasteiger partial charge in [0.05, 0.1) is 4.92 Å². The van der Waals surface area contributed by atoms with Crippen molar-refractivity contribution in [1.29, 1.82) is 0 Å². The molecule has 0 radical (unpaired) electrons. The van der Waals surface area contributed by atoms with Crippen LogP contribution in [0.3, 0.4) is 0 Å². The zero-order chi connectivity index (χ0) is 20.2. The largest absolute Gasteiger partial charge is 0.369 e. The number of amides is 1. The predicted octanol–water partition coefficient (Wildman–Crippen LogP) is 3.08. The van der Waals surface area contributed by atoms with E-state index >= 15 is 0 Å². The highest BCUT2D eigenvalue weighted by Crippen LogP contribution is 2.28. The maximum absolute atomic E-state index is 13.3. The minimum absolute atomic E-state index is 0.104. The lowest BCUT2D eigenvalue weighted by Gasteiger charge is -2.40. The summed E-state index contributed by atoms with van der Waals surface area (Å²) in [6.07, 6.45) is 2.17. The van der Waals surface area contributed by atoms with Gasteiger partial charge in [0.1, 0.15) is 6.04 Å². The fourth-order valence-corrected chi connectivity index (χ4v) is 4.28. The van der Waals surface area contributed by atoms with Crippen molar-refractivity contribution in [2.24, 2.45) is 0 Å². The average Bonchev–Trinajstić information content (AvgIpc) is 3.30. The van der Waals surface area contributed by atoms with Gasteiger partial charge in [-0.1, -0.05) is 30.3 Å². The van der Waals surface area contributed by atoms with Crippen molar-refractivity contribution < 1.29 is 9.72 Å². The number of rotatable bonds is 5. The molecule has 29 heavy (non-hydrogen) atoms. The Bertz CT molecular complexity index is 842. The first-order valence-electron chi connectivity index (χ1n) is 10.2. The molecule has 2 heterocycles. The van der Waals surface area contributed by atoms with Crippen molar-refractivity contribution in [1.82, 2.24) is 9.80 Å². The van der Waals surface area contributed by atoms with Crippen molar-refractivity contribution in [2.45, 2.75) is 18.9 Å². The topological polar surface area (TPSA) is 69.9 Å². The van der Waals surface area contributed by atoms with Gasteiger partial charge in [-0.25, -0.2) is 0 Å². The Balaban J connectivity index is 1.47. The summed E-state index contributed by atoms with van der Waals surface area (Å²) in [6, 6.07) is 16.5. The van der Waals surface area contributed by atoms with Crippen LogP contribution in [0.4, 0.5) is 11.4 Å². The molecule has 0 aromatic heterocycles. The van der Waals surface area contributed by atoms with Crippen LogP contribution in [0.1, 0.15) is 24.4 Å². The third kappa shape index (κ3) is 4.24. The first-order chi connectivity index (χ1) is 14.1. The van der Waals surface area contributed by atoms with Crippen LogP contribution in [0.5, 0.6) is 0 Å². The van der Waals surface area contributed by atoms with Crippen LogP contribution in [-0.4, -0.2) is 59.9 Å². The number of non-ortho nitro benzene ring substituents is 1. The van der Waals surface area contributed by atoms with E-state index < -0.39 is 0 Å². The van der Waals surface area contributed by atoms with Gasteiger partial charge in [-0.15, -0.1) is 0 Å². The zero-order valence-corrected chi connectivity index (χ0v) is 16.4. The Morgan fingerprint density at radius 3 is 2.07 bits per heavy atom. The summed E-state index contributed by atoms with van der Waals surface area (Å²) in [6.45, 7) is 4.82. The summed E-state index contributed by atoms with van der Waals surface area (Å²) in [5, 5.41) is 10.9. The highest BCUT2D eigenvalue weighted by molar-refractivity contribution is 5.83. The van der Waals surface area contributed by atoms with Gasteiger partial charge in [0.2, 0.25) is 5.91 Å². The molecule has 2 aromatic carbocycles. The van der Waals surface area contributed by atoms with Crippen molar-refractivity contribution in [3.8, 4) is 0 Å². The summed E-state index contributed by atoms with van der Waals surface area (Å²) in [5.41, 5.74) is 2.14. The molecule has 152 valence electrons. The Hall–Kier alpha value is -2.93. The summed E-state index contributed by atoms with van der Waals surface area (Å²) in [7, 11) is 0. The Morgan fingerprint density at radius 1 is 0.862 bits per heavy atom. The van der Waals surface area contributed by atoms with Gasteiger partial charge in [0.25, 0.3) is 5.69 Å². The quantitative estimate of drug-likeness (QED) is 0.576. The highest BCUT2D eigenvalue weighted by Gasteiger charge is 2.34. The summed E-state index contributed by atoms with van der Waals surface area (Å²) in [4.78, 5) is 30.3. The number of carbonyl (C=O) groups is 1. The molecule has 2 aliphatic heterocycles. The third-order valence-corrected chi connectivity index (χ3v) is 5.87. The van der Waals surface area contributed by atoms with Crippen LogP contribution in [0.25, 0.3) is 0 Å². The number of hydrogen-bond donors (Lipinski definition) is 0. The van der Waals surface area contributed by atoms with E-state index in [0.29, 0.717) is 0 Å². The second kappa shape index (κ2) is 8.61. The van der Waals surface area contributed by atoms with Crippen LogP contribution in [-0.2, 0) is 4.79 Å². The molecule has 2 saturated heterocycles. The first kappa shape index (κ1) is 19.4. The van der Waals surface area contributed by atoms with Crippen LogP contribution in [0.15, 0.2) is 54.6 Å². The molecule has 2 aromatic rings. The van der Waals surface area contributed by atoms with E-state index in [9.17, 15) is 14.9 Å². The molecule has 1 amide bonds. The van der Waals surface area contributed by atoms with Gasteiger partial charge >= 0.3 is 0 Å². The fourth-order valence-electron chi connectivity index (χ4n) is 4.28. The monoisotopic (exact) mass is 394 g/mol. The number of benzene rings is 2. The lowest BCUT2D eigenvalue weighted by Crippen LogP contribution is -2.51. The molecule has 2 fully saturated rings. The average molecular weight is 394 g/mol. The molecular formula is C22H26N4O3.